The molecule has 0 aliphatic rings. The van der Waals surface area contributed by atoms with E-state index in [1.807, 2.05) is 50.2 Å². The third kappa shape index (κ3) is 6.96. The van der Waals surface area contributed by atoms with Gasteiger partial charge in [-0.15, -0.1) is 0 Å². The number of hydrogen-bond donors (Lipinski definition) is 4. The molecule has 0 spiro atoms. The Balaban J connectivity index is 0.000000640. The van der Waals surface area contributed by atoms with Gasteiger partial charge in [-0.05, 0) is 43.2 Å². The average Bonchev–Trinajstić information content (AvgIpc) is 3.13. The molecule has 6 nitrogen and oxygen atoms in total. The van der Waals surface area contributed by atoms with E-state index in [0.717, 1.165) is 34.5 Å². The van der Waals surface area contributed by atoms with Crippen molar-refractivity contribution in [3.8, 4) is 5.75 Å². The topological polar surface area (TPSA) is 81.7 Å². The molecule has 0 aliphatic heterocycles. The number of nitrogens with zero attached hydrogens (tertiary/aromatic N) is 1. The van der Waals surface area contributed by atoms with Crippen LogP contribution in [-0.2, 0) is 6.61 Å². The van der Waals surface area contributed by atoms with Crippen molar-refractivity contribution in [2.75, 3.05) is 19.0 Å². The molecule has 4 N–H and O–H groups in total. The zero-order valence-corrected chi connectivity index (χ0v) is 16.8. The van der Waals surface area contributed by atoms with Crippen LogP contribution in [0.1, 0.15) is 25.8 Å². The lowest BCUT2D eigenvalue weighted by Gasteiger charge is -2.12. The summed E-state index contributed by atoms with van der Waals surface area (Å²) in [4.78, 5) is 7.27. The van der Waals surface area contributed by atoms with Crippen molar-refractivity contribution < 1.29 is 9.84 Å². The minimum absolute atomic E-state index is 0.0792. The van der Waals surface area contributed by atoms with Gasteiger partial charge in [0.05, 0.1) is 12.5 Å². The summed E-state index contributed by atoms with van der Waals surface area (Å²) >= 11 is 0. The number of rotatable bonds is 8. The Labute approximate surface area is 166 Å². The summed E-state index contributed by atoms with van der Waals surface area (Å²) in [6, 6.07) is 18.3. The van der Waals surface area contributed by atoms with E-state index < -0.39 is 0 Å². The number of anilines is 1. The van der Waals surface area contributed by atoms with Crippen LogP contribution < -0.4 is 15.4 Å². The summed E-state index contributed by atoms with van der Waals surface area (Å²) in [7, 11) is 1.74. The molecule has 2 aromatic carbocycles. The van der Waals surface area contributed by atoms with Crippen molar-refractivity contribution in [3.05, 3.63) is 60.2 Å². The van der Waals surface area contributed by atoms with Gasteiger partial charge in [0.2, 0.25) is 0 Å². The Morgan fingerprint density at radius 2 is 1.93 bits per heavy atom. The van der Waals surface area contributed by atoms with Crippen LogP contribution in [0.25, 0.3) is 10.9 Å². The van der Waals surface area contributed by atoms with Crippen LogP contribution in [0.15, 0.2) is 59.6 Å². The number of aromatic nitrogens is 1. The first-order valence-electron chi connectivity index (χ1n) is 9.49. The Bertz CT molecular complexity index is 844. The van der Waals surface area contributed by atoms with Crippen molar-refractivity contribution in [3.63, 3.8) is 0 Å². The minimum atomic E-state index is 0.0792. The largest absolute Gasteiger partial charge is 0.489 e. The highest BCUT2D eigenvalue weighted by Crippen LogP contribution is 2.24. The number of hydrogen-bond acceptors (Lipinski definition) is 4. The number of benzene rings is 2. The molecule has 0 fully saturated rings. The zero-order valence-electron chi connectivity index (χ0n) is 16.8. The second-order valence-corrected chi connectivity index (χ2v) is 6.35. The molecule has 3 rings (SSSR count). The first-order chi connectivity index (χ1) is 13.7. The van der Waals surface area contributed by atoms with Crippen molar-refractivity contribution in [2.45, 2.75) is 33.0 Å². The molecular weight excluding hydrogens is 352 g/mol. The SMILES string of the molecule is CCCO.CN=CNC(C)Nc1cc2cc(OCc3ccccc3)ccc2[nH]1. The molecule has 0 saturated heterocycles. The molecule has 1 heterocycles. The van der Waals surface area contributed by atoms with E-state index in [2.05, 4.69) is 38.8 Å². The third-order valence-electron chi connectivity index (χ3n) is 3.89. The summed E-state index contributed by atoms with van der Waals surface area (Å²) in [5.74, 6) is 1.82. The smallest absolute Gasteiger partial charge is 0.120 e. The van der Waals surface area contributed by atoms with Crippen molar-refractivity contribution >= 4 is 23.1 Å². The maximum absolute atomic E-state index is 7.88. The Morgan fingerprint density at radius 1 is 1.18 bits per heavy atom. The van der Waals surface area contributed by atoms with Gasteiger partial charge in [0.25, 0.3) is 0 Å². The molecule has 1 unspecified atom stereocenters. The molecule has 0 aliphatic carbocycles. The summed E-state index contributed by atoms with van der Waals surface area (Å²) in [6.45, 7) is 4.85. The van der Waals surface area contributed by atoms with Gasteiger partial charge >= 0.3 is 0 Å². The predicted molar refractivity (Wildman–Crippen MR) is 117 cm³/mol. The van der Waals surface area contributed by atoms with Crippen molar-refractivity contribution in [2.24, 2.45) is 4.99 Å². The molecule has 1 atom stereocenters. The second kappa shape index (κ2) is 11.7. The molecular formula is C22H30N4O2. The van der Waals surface area contributed by atoms with Gasteiger partial charge in [-0.1, -0.05) is 37.3 Å². The van der Waals surface area contributed by atoms with E-state index in [4.69, 9.17) is 9.84 Å². The van der Waals surface area contributed by atoms with Gasteiger partial charge in [-0.25, -0.2) is 0 Å². The van der Waals surface area contributed by atoms with E-state index in [0.29, 0.717) is 13.2 Å². The maximum Gasteiger partial charge on any atom is 0.120 e. The lowest BCUT2D eigenvalue weighted by molar-refractivity contribution is 0.295. The average molecular weight is 383 g/mol. The van der Waals surface area contributed by atoms with E-state index in [1.54, 1.807) is 13.4 Å². The normalized spacial score (nSPS) is 11.7. The molecule has 0 radical (unpaired) electrons. The van der Waals surface area contributed by atoms with E-state index >= 15 is 0 Å². The number of H-pyrrole nitrogens is 1. The summed E-state index contributed by atoms with van der Waals surface area (Å²) in [6.07, 6.45) is 2.63. The van der Waals surface area contributed by atoms with E-state index in [-0.39, 0.29) is 6.17 Å². The number of fused-ring (bicyclic) bond motifs is 1. The molecule has 1 aromatic heterocycles. The molecule has 150 valence electrons. The van der Waals surface area contributed by atoms with Crippen LogP contribution in [-0.4, -0.2) is 36.2 Å². The zero-order chi connectivity index (χ0) is 20.2. The van der Waals surface area contributed by atoms with Crippen LogP contribution >= 0.6 is 0 Å². The van der Waals surface area contributed by atoms with Gasteiger partial charge in [0, 0.05) is 24.6 Å². The number of aromatic amines is 1. The van der Waals surface area contributed by atoms with Crippen LogP contribution in [0.5, 0.6) is 5.75 Å². The van der Waals surface area contributed by atoms with Crippen molar-refractivity contribution in [1.82, 2.24) is 10.3 Å². The number of aliphatic hydroxyl groups is 1. The van der Waals surface area contributed by atoms with Crippen LogP contribution in [0.4, 0.5) is 5.82 Å². The first kappa shape index (κ1) is 21.3. The highest BCUT2D eigenvalue weighted by molar-refractivity contribution is 5.85. The Hall–Kier alpha value is -2.99. The highest BCUT2D eigenvalue weighted by Gasteiger charge is 2.05. The standard InChI is InChI=1S/C19H22N4O.C3H8O/c1-14(21-13-20-2)22-19-11-16-10-17(8-9-18(16)23-19)24-12-15-6-4-3-5-7-15;1-2-3-4/h3-11,13-14,22-23H,12H2,1-2H3,(H,20,21);4H,2-3H2,1H3. The molecule has 6 heteroatoms. The highest BCUT2D eigenvalue weighted by atomic mass is 16.5. The predicted octanol–water partition coefficient (Wildman–Crippen LogP) is 4.14. The molecule has 3 aromatic rings. The fourth-order valence-corrected chi connectivity index (χ4v) is 2.48. The van der Waals surface area contributed by atoms with Gasteiger partial charge in [-0.3, -0.25) is 4.99 Å². The van der Waals surface area contributed by atoms with Gasteiger partial charge in [-0.2, -0.15) is 0 Å². The molecule has 28 heavy (non-hydrogen) atoms. The fraction of sp³-hybridized carbons (Fsp3) is 0.318. The lowest BCUT2D eigenvalue weighted by Crippen LogP contribution is -2.32. The lowest BCUT2D eigenvalue weighted by atomic mass is 10.2. The van der Waals surface area contributed by atoms with Crippen LogP contribution in [0.2, 0.25) is 0 Å². The number of nitrogens with one attached hydrogen (secondary N) is 3. The van der Waals surface area contributed by atoms with E-state index in [9.17, 15) is 0 Å². The molecule has 0 bridgehead atoms. The monoisotopic (exact) mass is 382 g/mol. The Kier molecular flexibility index (Phi) is 8.88. The van der Waals surface area contributed by atoms with Gasteiger partial charge in [0.1, 0.15) is 18.2 Å². The van der Waals surface area contributed by atoms with E-state index in [1.165, 1.54) is 0 Å². The maximum atomic E-state index is 7.88. The van der Waals surface area contributed by atoms with Crippen LogP contribution in [0.3, 0.4) is 0 Å². The summed E-state index contributed by atoms with van der Waals surface area (Å²) in [5, 5.41) is 15.5. The number of ether oxygens (including phenoxy) is 1. The molecule has 0 saturated carbocycles. The number of aliphatic imine (C=N–C) groups is 1. The first-order valence-corrected chi connectivity index (χ1v) is 9.49. The third-order valence-corrected chi connectivity index (χ3v) is 3.89. The second-order valence-electron chi connectivity index (χ2n) is 6.35. The minimum Gasteiger partial charge on any atom is -0.489 e. The quantitative estimate of drug-likeness (QED) is 0.268. The van der Waals surface area contributed by atoms with Gasteiger partial charge in [0.15, 0.2) is 0 Å². The summed E-state index contributed by atoms with van der Waals surface area (Å²) in [5.41, 5.74) is 2.23. The summed E-state index contributed by atoms with van der Waals surface area (Å²) < 4.78 is 5.88. The van der Waals surface area contributed by atoms with Crippen molar-refractivity contribution in [1.29, 1.82) is 0 Å². The molecule has 0 amide bonds. The Morgan fingerprint density at radius 3 is 2.61 bits per heavy atom. The number of aliphatic hydroxyl groups excluding tert-OH is 1. The van der Waals surface area contributed by atoms with Crippen LogP contribution in [0, 0.1) is 0 Å². The fourth-order valence-electron chi connectivity index (χ4n) is 2.48. The van der Waals surface area contributed by atoms with Gasteiger partial charge < -0.3 is 25.5 Å².